The van der Waals surface area contributed by atoms with Crippen molar-refractivity contribution in [1.29, 1.82) is 0 Å². The van der Waals surface area contributed by atoms with Crippen molar-refractivity contribution < 1.29 is 9.90 Å². The van der Waals surface area contributed by atoms with Gasteiger partial charge in [0.1, 0.15) is 0 Å². The Balaban J connectivity index is 2.63. The fraction of sp³-hybridized carbons (Fsp3) is 0.500. The predicted octanol–water partition coefficient (Wildman–Crippen LogP) is -0.554. The van der Waals surface area contributed by atoms with Gasteiger partial charge in [0.25, 0.3) is 0 Å². The van der Waals surface area contributed by atoms with E-state index in [1.807, 2.05) is 19.0 Å². The Morgan fingerprint density at radius 1 is 1.67 bits per heavy atom. The summed E-state index contributed by atoms with van der Waals surface area (Å²) >= 11 is 0. The second-order valence-corrected chi connectivity index (χ2v) is 3.00. The number of nitrogens with zero attached hydrogens (tertiary/aromatic N) is 2. The molecule has 0 saturated carbocycles. The topological polar surface area (TPSA) is 52.9 Å². The maximum absolute atomic E-state index is 10.9. The van der Waals surface area contributed by atoms with Crippen LogP contribution in [0.4, 0.5) is 0 Å². The van der Waals surface area contributed by atoms with Crippen molar-refractivity contribution in [3.63, 3.8) is 0 Å². The van der Waals surface area contributed by atoms with E-state index in [2.05, 4.69) is 4.99 Å². The first-order valence-electron chi connectivity index (χ1n) is 3.71. The van der Waals surface area contributed by atoms with Crippen molar-refractivity contribution in [3.05, 3.63) is 11.8 Å². The summed E-state index contributed by atoms with van der Waals surface area (Å²) in [7, 11) is 3.79. The molecule has 12 heavy (non-hydrogen) atoms. The van der Waals surface area contributed by atoms with Crippen LogP contribution in [0.1, 0.15) is 0 Å². The zero-order valence-corrected chi connectivity index (χ0v) is 7.19. The molecule has 0 aromatic carbocycles. The maximum atomic E-state index is 10.9. The Bertz CT molecular complexity index is 243. The molecule has 1 atom stereocenters. The number of carbonyl (C=O) groups excluding carboxylic acids is 1. The summed E-state index contributed by atoms with van der Waals surface area (Å²) in [5.74, 6) is -0.290. The van der Waals surface area contributed by atoms with E-state index in [0.29, 0.717) is 12.2 Å². The molecule has 0 aliphatic carbocycles. The highest BCUT2D eigenvalue weighted by Crippen LogP contribution is 2.04. The lowest BCUT2D eigenvalue weighted by Crippen LogP contribution is -2.25. The van der Waals surface area contributed by atoms with E-state index in [-0.39, 0.29) is 5.78 Å². The van der Waals surface area contributed by atoms with Crippen molar-refractivity contribution in [2.24, 2.45) is 4.99 Å². The van der Waals surface area contributed by atoms with Crippen molar-refractivity contribution in [2.45, 2.75) is 6.10 Å². The first kappa shape index (κ1) is 9.09. The van der Waals surface area contributed by atoms with E-state index in [0.717, 1.165) is 0 Å². The molecule has 0 bridgehead atoms. The van der Waals surface area contributed by atoms with Crippen LogP contribution >= 0.6 is 0 Å². The van der Waals surface area contributed by atoms with Crippen molar-refractivity contribution in [2.75, 3.05) is 20.6 Å². The van der Waals surface area contributed by atoms with Crippen LogP contribution in [-0.4, -0.2) is 48.7 Å². The number of carbonyl (C=O) groups is 1. The number of ketones is 1. The van der Waals surface area contributed by atoms with Gasteiger partial charge in [0.2, 0.25) is 0 Å². The molecule has 1 rings (SSSR count). The van der Waals surface area contributed by atoms with E-state index >= 15 is 0 Å². The first-order chi connectivity index (χ1) is 5.59. The minimum Gasteiger partial charge on any atom is -0.379 e. The quantitative estimate of drug-likeness (QED) is 0.601. The Morgan fingerprint density at radius 3 is 2.83 bits per heavy atom. The van der Waals surface area contributed by atoms with Crippen LogP contribution in [0, 0.1) is 0 Å². The molecule has 1 unspecified atom stereocenters. The van der Waals surface area contributed by atoms with Gasteiger partial charge in [-0.2, -0.15) is 0 Å². The van der Waals surface area contributed by atoms with Crippen molar-refractivity contribution in [3.8, 4) is 0 Å². The van der Waals surface area contributed by atoms with Gasteiger partial charge in [-0.15, -0.1) is 0 Å². The third-order valence-electron chi connectivity index (χ3n) is 1.46. The van der Waals surface area contributed by atoms with E-state index in [1.165, 1.54) is 12.3 Å². The van der Waals surface area contributed by atoms with E-state index in [1.54, 1.807) is 0 Å². The molecule has 0 spiro atoms. The average molecular weight is 168 g/mol. The van der Waals surface area contributed by atoms with Gasteiger partial charge in [0.05, 0.1) is 5.70 Å². The second-order valence-electron chi connectivity index (χ2n) is 3.00. The molecule has 1 N–H and O–H groups in total. The molecule has 0 aromatic rings. The summed E-state index contributed by atoms with van der Waals surface area (Å²) in [6.07, 6.45) is 1.60. The van der Waals surface area contributed by atoms with Crippen LogP contribution < -0.4 is 0 Å². The summed E-state index contributed by atoms with van der Waals surface area (Å²) in [5, 5.41) is 8.97. The van der Waals surface area contributed by atoms with Gasteiger partial charge in [-0.1, -0.05) is 0 Å². The highest BCUT2D eigenvalue weighted by atomic mass is 16.3. The first-order valence-corrected chi connectivity index (χ1v) is 3.71. The van der Waals surface area contributed by atoms with Gasteiger partial charge < -0.3 is 10.0 Å². The third-order valence-corrected chi connectivity index (χ3v) is 1.46. The minimum absolute atomic E-state index is 0.290. The van der Waals surface area contributed by atoms with Gasteiger partial charge in [-0.05, 0) is 14.1 Å². The van der Waals surface area contributed by atoms with Crippen LogP contribution in [-0.2, 0) is 4.79 Å². The summed E-state index contributed by atoms with van der Waals surface area (Å²) < 4.78 is 0. The summed E-state index contributed by atoms with van der Waals surface area (Å²) in [4.78, 5) is 16.8. The number of rotatable bonds is 2. The largest absolute Gasteiger partial charge is 0.379 e. The molecule has 4 heteroatoms. The van der Waals surface area contributed by atoms with Crippen LogP contribution in [0.2, 0.25) is 0 Å². The normalized spacial score (nSPS) is 23.2. The predicted molar refractivity (Wildman–Crippen MR) is 46.1 cm³/mol. The lowest BCUT2D eigenvalue weighted by Gasteiger charge is -2.13. The Hall–Kier alpha value is -1.00. The summed E-state index contributed by atoms with van der Waals surface area (Å²) in [6, 6.07) is 0. The summed E-state index contributed by atoms with van der Waals surface area (Å²) in [6.45, 7) is 0.620. The molecule has 0 radical (unpaired) electrons. The van der Waals surface area contributed by atoms with Crippen molar-refractivity contribution >= 4 is 12.0 Å². The van der Waals surface area contributed by atoms with E-state index in [9.17, 15) is 4.79 Å². The molecule has 1 aliphatic heterocycles. The molecule has 0 saturated heterocycles. The number of aliphatic hydroxyl groups excluding tert-OH is 1. The average Bonchev–Trinajstić information content (AvgIpc) is 1.96. The molecule has 0 fully saturated rings. The SMILES string of the molecule is CN(C)CC1=CC(=O)C(O)C=N1. The zero-order chi connectivity index (χ0) is 9.14. The van der Waals surface area contributed by atoms with Crippen molar-refractivity contribution in [1.82, 2.24) is 4.90 Å². The highest BCUT2D eigenvalue weighted by molar-refractivity contribution is 6.06. The molecule has 66 valence electrons. The number of likely N-dealkylation sites (N-methyl/N-ethyl adjacent to an activating group) is 1. The second kappa shape index (κ2) is 3.60. The number of hydrogen-bond donors (Lipinski definition) is 1. The molecular formula is C8H12N2O2. The molecule has 0 amide bonds. The van der Waals surface area contributed by atoms with E-state index in [4.69, 9.17) is 5.11 Å². The fourth-order valence-electron chi connectivity index (χ4n) is 0.937. The van der Waals surface area contributed by atoms with E-state index < -0.39 is 6.10 Å². The van der Waals surface area contributed by atoms with Gasteiger partial charge in [0, 0.05) is 18.8 Å². The van der Waals surface area contributed by atoms with Gasteiger partial charge in [-0.3, -0.25) is 9.79 Å². The van der Waals surface area contributed by atoms with Gasteiger partial charge >= 0.3 is 0 Å². The van der Waals surface area contributed by atoms with Gasteiger partial charge in [0.15, 0.2) is 11.9 Å². The highest BCUT2D eigenvalue weighted by Gasteiger charge is 2.15. The van der Waals surface area contributed by atoms with Crippen LogP contribution in [0.15, 0.2) is 16.8 Å². The fourth-order valence-corrected chi connectivity index (χ4v) is 0.937. The number of aliphatic hydroxyl groups is 1. The molecular weight excluding hydrogens is 156 g/mol. The third kappa shape index (κ3) is 2.25. The lowest BCUT2D eigenvalue weighted by atomic mass is 10.1. The number of aliphatic imine (C=N–C) groups is 1. The molecule has 0 aromatic heterocycles. The Labute approximate surface area is 71.2 Å². The number of hydrogen-bond acceptors (Lipinski definition) is 4. The lowest BCUT2D eigenvalue weighted by molar-refractivity contribution is -0.119. The van der Waals surface area contributed by atoms with Gasteiger partial charge in [-0.25, -0.2) is 0 Å². The molecule has 1 heterocycles. The Kier molecular flexibility index (Phi) is 2.73. The molecule has 1 aliphatic rings. The minimum atomic E-state index is -1.05. The standard InChI is InChI=1S/C8H12N2O2/c1-10(2)5-6-3-7(11)8(12)4-9-6/h3-4,8,12H,5H2,1-2H3. The smallest absolute Gasteiger partial charge is 0.191 e. The van der Waals surface area contributed by atoms with Crippen LogP contribution in [0.3, 0.4) is 0 Å². The zero-order valence-electron chi connectivity index (χ0n) is 7.19. The Morgan fingerprint density at radius 2 is 2.33 bits per heavy atom. The molecule has 4 nitrogen and oxygen atoms in total. The maximum Gasteiger partial charge on any atom is 0.191 e. The monoisotopic (exact) mass is 168 g/mol. The van der Waals surface area contributed by atoms with Crippen LogP contribution in [0.25, 0.3) is 0 Å². The van der Waals surface area contributed by atoms with Crippen LogP contribution in [0.5, 0.6) is 0 Å². The summed E-state index contributed by atoms with van der Waals surface area (Å²) in [5.41, 5.74) is 0.690.